The quantitative estimate of drug-likeness (QED) is 0.675. The molecule has 0 saturated heterocycles. The Morgan fingerprint density at radius 3 is 2.79 bits per heavy atom. The van der Waals surface area contributed by atoms with Gasteiger partial charge >= 0.3 is 6.18 Å². The number of fused-ring (bicyclic) bond motifs is 1. The van der Waals surface area contributed by atoms with Crippen molar-refractivity contribution in [2.75, 3.05) is 6.61 Å². The number of nitrogens with one attached hydrogen (secondary N) is 1. The molecular weight excluding hydrogens is 395 g/mol. The number of pyridine rings is 2. The van der Waals surface area contributed by atoms with Crippen molar-refractivity contribution in [2.24, 2.45) is 0 Å². The Morgan fingerprint density at radius 1 is 1.25 bits per heavy atom. The second kappa shape index (κ2) is 8.02. The second-order valence-electron chi connectivity index (χ2n) is 6.01. The first-order chi connectivity index (χ1) is 13.2. The smallest absolute Gasteiger partial charge is 0.422 e. The minimum Gasteiger partial charge on any atom is -0.468 e. The first-order valence-corrected chi connectivity index (χ1v) is 8.59. The molecule has 1 aromatic carbocycles. The van der Waals surface area contributed by atoms with Gasteiger partial charge in [0.2, 0.25) is 5.88 Å². The molecule has 146 valence electrons. The number of aryl methyl sites for hydroxylation is 1. The third-order valence-electron chi connectivity index (χ3n) is 3.88. The van der Waals surface area contributed by atoms with Gasteiger partial charge in [0.15, 0.2) is 6.61 Å². The highest BCUT2D eigenvalue weighted by Gasteiger charge is 2.29. The topological polar surface area (TPSA) is 64.1 Å². The van der Waals surface area contributed by atoms with Gasteiger partial charge < -0.3 is 10.1 Å². The molecule has 3 aromatic rings. The van der Waals surface area contributed by atoms with E-state index in [4.69, 9.17) is 16.3 Å². The highest BCUT2D eigenvalue weighted by molar-refractivity contribution is 6.31. The fourth-order valence-electron chi connectivity index (χ4n) is 2.58. The first-order valence-electron chi connectivity index (χ1n) is 8.21. The van der Waals surface area contributed by atoms with Crippen LogP contribution in [0.1, 0.15) is 21.6 Å². The molecule has 0 fully saturated rings. The van der Waals surface area contributed by atoms with Crippen molar-refractivity contribution in [3.8, 4) is 5.88 Å². The van der Waals surface area contributed by atoms with Crippen LogP contribution in [-0.2, 0) is 6.54 Å². The van der Waals surface area contributed by atoms with Crippen LogP contribution < -0.4 is 10.1 Å². The summed E-state index contributed by atoms with van der Waals surface area (Å²) in [5.74, 6) is -0.587. The van der Waals surface area contributed by atoms with Gasteiger partial charge in [-0.05, 0) is 31.2 Å². The molecule has 5 nitrogen and oxygen atoms in total. The lowest BCUT2D eigenvalue weighted by Gasteiger charge is -2.13. The zero-order chi connectivity index (χ0) is 20.3. The van der Waals surface area contributed by atoms with Gasteiger partial charge in [0.05, 0.1) is 16.8 Å². The van der Waals surface area contributed by atoms with E-state index in [2.05, 4.69) is 15.3 Å². The number of hydrogen-bond acceptors (Lipinski definition) is 4. The van der Waals surface area contributed by atoms with Gasteiger partial charge in [-0.1, -0.05) is 23.7 Å². The molecule has 0 aliphatic heterocycles. The summed E-state index contributed by atoms with van der Waals surface area (Å²) in [5.41, 5.74) is 1.86. The van der Waals surface area contributed by atoms with Crippen LogP contribution in [-0.4, -0.2) is 28.7 Å². The van der Waals surface area contributed by atoms with E-state index in [0.29, 0.717) is 27.4 Å². The first kappa shape index (κ1) is 19.9. The summed E-state index contributed by atoms with van der Waals surface area (Å²) in [6, 6.07) is 9.92. The minimum atomic E-state index is -4.48. The maximum absolute atomic E-state index is 12.6. The van der Waals surface area contributed by atoms with E-state index >= 15 is 0 Å². The van der Waals surface area contributed by atoms with Gasteiger partial charge in [-0.3, -0.25) is 9.78 Å². The van der Waals surface area contributed by atoms with Crippen LogP contribution in [0, 0.1) is 6.92 Å². The van der Waals surface area contributed by atoms with Crippen LogP contribution in [0.25, 0.3) is 10.9 Å². The van der Waals surface area contributed by atoms with Crippen LogP contribution in [0.15, 0.2) is 42.6 Å². The number of aromatic nitrogens is 2. The summed E-state index contributed by atoms with van der Waals surface area (Å²) in [5, 5.41) is 3.95. The molecule has 2 aromatic heterocycles. The van der Waals surface area contributed by atoms with Crippen molar-refractivity contribution in [1.82, 2.24) is 15.3 Å². The fraction of sp³-hybridized carbons (Fsp3) is 0.211. The van der Waals surface area contributed by atoms with Crippen LogP contribution in [0.4, 0.5) is 13.2 Å². The van der Waals surface area contributed by atoms with Gasteiger partial charge in [-0.2, -0.15) is 13.2 Å². The lowest BCUT2D eigenvalue weighted by molar-refractivity contribution is -0.154. The number of alkyl halides is 3. The molecule has 2 heterocycles. The summed E-state index contributed by atoms with van der Waals surface area (Å²) in [6.45, 7) is 0.191. The molecule has 0 unspecified atom stereocenters. The average Bonchev–Trinajstić information content (AvgIpc) is 2.63. The van der Waals surface area contributed by atoms with Crippen molar-refractivity contribution in [3.05, 3.63) is 64.4 Å². The summed E-state index contributed by atoms with van der Waals surface area (Å²) >= 11 is 5.95. The molecule has 0 bridgehead atoms. The number of carbonyl (C=O) groups is 1. The summed E-state index contributed by atoms with van der Waals surface area (Å²) < 4.78 is 41.8. The summed E-state index contributed by atoms with van der Waals surface area (Å²) in [7, 11) is 0. The highest BCUT2D eigenvalue weighted by Crippen LogP contribution is 2.22. The van der Waals surface area contributed by atoms with Crippen LogP contribution in [0.3, 0.4) is 0 Å². The van der Waals surface area contributed by atoms with E-state index in [-0.39, 0.29) is 12.4 Å². The number of carbonyl (C=O) groups excluding carboxylic acids is 1. The van der Waals surface area contributed by atoms with E-state index < -0.39 is 18.7 Å². The summed E-state index contributed by atoms with van der Waals surface area (Å²) in [6.07, 6.45) is -3.16. The number of ether oxygens (including phenoxy) is 1. The van der Waals surface area contributed by atoms with E-state index in [0.717, 1.165) is 5.39 Å². The Labute approximate surface area is 163 Å². The van der Waals surface area contributed by atoms with E-state index in [1.807, 2.05) is 0 Å². The molecule has 0 aliphatic carbocycles. The lowest BCUT2D eigenvalue weighted by Crippen LogP contribution is -2.25. The van der Waals surface area contributed by atoms with Crippen molar-refractivity contribution in [2.45, 2.75) is 19.6 Å². The number of nitrogens with zero attached hydrogens (tertiary/aromatic N) is 2. The molecule has 1 N–H and O–H groups in total. The average molecular weight is 410 g/mol. The van der Waals surface area contributed by atoms with Crippen molar-refractivity contribution < 1.29 is 22.7 Å². The maximum Gasteiger partial charge on any atom is 0.422 e. The zero-order valence-corrected chi connectivity index (χ0v) is 15.4. The maximum atomic E-state index is 12.6. The highest BCUT2D eigenvalue weighted by atomic mass is 35.5. The van der Waals surface area contributed by atoms with Crippen LogP contribution in [0.2, 0.25) is 5.02 Å². The number of benzene rings is 1. The molecule has 28 heavy (non-hydrogen) atoms. The molecule has 9 heteroatoms. The Balaban J connectivity index is 1.75. The fourth-order valence-corrected chi connectivity index (χ4v) is 2.74. The molecule has 3 rings (SSSR count). The number of amides is 1. The third-order valence-corrected chi connectivity index (χ3v) is 4.11. The molecule has 0 saturated carbocycles. The van der Waals surface area contributed by atoms with E-state index in [9.17, 15) is 18.0 Å². The normalized spacial score (nSPS) is 11.5. The molecule has 1 amide bonds. The van der Waals surface area contributed by atoms with Gasteiger partial charge in [0, 0.05) is 28.7 Å². The Hall–Kier alpha value is -2.87. The van der Waals surface area contributed by atoms with Crippen molar-refractivity contribution in [3.63, 3.8) is 0 Å². The molecular formula is C19H15ClF3N3O2. The minimum absolute atomic E-state index is 0.0437. The van der Waals surface area contributed by atoms with E-state index in [1.54, 1.807) is 37.3 Å². The summed E-state index contributed by atoms with van der Waals surface area (Å²) in [4.78, 5) is 20.7. The van der Waals surface area contributed by atoms with Crippen LogP contribution >= 0.6 is 11.6 Å². The van der Waals surface area contributed by atoms with Crippen molar-refractivity contribution in [1.29, 1.82) is 0 Å². The molecule has 0 aliphatic rings. The number of rotatable bonds is 5. The van der Waals surface area contributed by atoms with Gasteiger partial charge in [-0.15, -0.1) is 0 Å². The van der Waals surface area contributed by atoms with E-state index in [1.165, 1.54) is 12.3 Å². The number of halogens is 4. The predicted octanol–water partition coefficient (Wildman–Crippen LogP) is 4.46. The monoisotopic (exact) mass is 409 g/mol. The zero-order valence-electron chi connectivity index (χ0n) is 14.7. The predicted molar refractivity (Wildman–Crippen MR) is 98.4 cm³/mol. The number of hydrogen-bond donors (Lipinski definition) is 1. The lowest BCUT2D eigenvalue weighted by atomic mass is 10.1. The van der Waals surface area contributed by atoms with Gasteiger partial charge in [0.25, 0.3) is 5.91 Å². The van der Waals surface area contributed by atoms with Crippen LogP contribution in [0.5, 0.6) is 5.88 Å². The largest absolute Gasteiger partial charge is 0.468 e. The third kappa shape index (κ3) is 4.89. The Kier molecular flexibility index (Phi) is 5.69. The van der Waals surface area contributed by atoms with Gasteiger partial charge in [-0.25, -0.2) is 4.98 Å². The molecule has 0 spiro atoms. The standard InChI is InChI=1S/C19H15ClF3N3O2/c1-11-15(7-12-4-5-14(20)8-16(12)26-11)17(27)25-9-13-3-2-6-24-18(13)28-10-19(21,22)23/h2-8H,9-10H2,1H3,(H,25,27). The molecule has 0 atom stereocenters. The van der Waals surface area contributed by atoms with Crippen molar-refractivity contribution >= 4 is 28.4 Å². The molecule has 0 radical (unpaired) electrons. The SMILES string of the molecule is Cc1nc2cc(Cl)ccc2cc1C(=O)NCc1cccnc1OCC(F)(F)F. The Bertz CT molecular complexity index is 1020. The Morgan fingerprint density at radius 2 is 2.04 bits per heavy atom. The second-order valence-corrected chi connectivity index (χ2v) is 6.45. The van der Waals surface area contributed by atoms with Gasteiger partial charge in [0.1, 0.15) is 0 Å².